The standard InChI is InChI=1S/C14H17ClN4OS/c15-12-4-2-1-3-11(12)13-17-18-14(21-13)19-7-8-20-10(9-19)5-6-16/h1-4,10H,5-9,16H2. The predicted molar refractivity (Wildman–Crippen MR) is 86.0 cm³/mol. The molecule has 1 fully saturated rings. The zero-order valence-electron chi connectivity index (χ0n) is 11.5. The van der Waals surface area contributed by atoms with Gasteiger partial charge in [0.05, 0.1) is 17.7 Å². The second-order valence-electron chi connectivity index (χ2n) is 4.89. The largest absolute Gasteiger partial charge is 0.374 e. The van der Waals surface area contributed by atoms with Gasteiger partial charge in [-0.1, -0.05) is 41.1 Å². The van der Waals surface area contributed by atoms with Crippen LogP contribution in [0.25, 0.3) is 10.6 Å². The van der Waals surface area contributed by atoms with Crippen LogP contribution in [0.5, 0.6) is 0 Å². The van der Waals surface area contributed by atoms with Gasteiger partial charge in [0.2, 0.25) is 5.13 Å². The highest BCUT2D eigenvalue weighted by Crippen LogP contribution is 2.33. The molecule has 1 aromatic heterocycles. The first kappa shape index (κ1) is 14.7. The van der Waals surface area contributed by atoms with Crippen LogP contribution in [0.15, 0.2) is 24.3 Å². The quantitative estimate of drug-likeness (QED) is 0.935. The summed E-state index contributed by atoms with van der Waals surface area (Å²) in [6, 6.07) is 7.69. The molecule has 1 saturated heterocycles. The van der Waals surface area contributed by atoms with Gasteiger partial charge in [0.25, 0.3) is 0 Å². The number of hydrogen-bond donors (Lipinski definition) is 1. The van der Waals surface area contributed by atoms with E-state index in [0.717, 1.165) is 35.2 Å². The minimum absolute atomic E-state index is 0.177. The van der Waals surface area contributed by atoms with Gasteiger partial charge >= 0.3 is 0 Å². The van der Waals surface area contributed by atoms with Crippen LogP contribution in [0.3, 0.4) is 0 Å². The summed E-state index contributed by atoms with van der Waals surface area (Å²) in [6.45, 7) is 2.98. The van der Waals surface area contributed by atoms with Crippen molar-refractivity contribution in [3.63, 3.8) is 0 Å². The molecule has 3 rings (SSSR count). The van der Waals surface area contributed by atoms with Gasteiger partial charge in [-0.3, -0.25) is 0 Å². The molecule has 0 spiro atoms. The summed E-state index contributed by atoms with van der Waals surface area (Å²) in [5.74, 6) is 0. The highest BCUT2D eigenvalue weighted by Gasteiger charge is 2.23. The van der Waals surface area contributed by atoms with E-state index in [-0.39, 0.29) is 6.10 Å². The number of ether oxygens (including phenoxy) is 1. The maximum Gasteiger partial charge on any atom is 0.208 e. The maximum absolute atomic E-state index is 6.21. The number of nitrogens with two attached hydrogens (primary N) is 1. The van der Waals surface area contributed by atoms with Crippen molar-refractivity contribution < 1.29 is 4.74 Å². The molecule has 2 N–H and O–H groups in total. The number of benzene rings is 1. The molecule has 0 saturated carbocycles. The summed E-state index contributed by atoms with van der Waals surface area (Å²) in [5.41, 5.74) is 6.53. The molecule has 0 amide bonds. The highest BCUT2D eigenvalue weighted by atomic mass is 35.5. The summed E-state index contributed by atoms with van der Waals surface area (Å²) in [7, 11) is 0. The molecular weight excluding hydrogens is 308 g/mol. The Hall–Kier alpha value is -1.21. The number of morpholine rings is 1. The molecule has 21 heavy (non-hydrogen) atoms. The number of aromatic nitrogens is 2. The molecule has 1 aromatic carbocycles. The summed E-state index contributed by atoms with van der Waals surface area (Å²) in [5, 5.41) is 11.0. The normalized spacial score (nSPS) is 19.0. The van der Waals surface area contributed by atoms with Crippen LogP contribution in [0.1, 0.15) is 6.42 Å². The molecule has 112 valence electrons. The van der Waals surface area contributed by atoms with Gasteiger partial charge in [-0.05, 0) is 19.0 Å². The van der Waals surface area contributed by atoms with E-state index >= 15 is 0 Å². The molecular formula is C14H17ClN4OS. The lowest BCUT2D eigenvalue weighted by molar-refractivity contribution is 0.0368. The van der Waals surface area contributed by atoms with Crippen molar-refractivity contribution in [1.82, 2.24) is 10.2 Å². The van der Waals surface area contributed by atoms with Crippen LogP contribution in [0, 0.1) is 0 Å². The fourth-order valence-electron chi connectivity index (χ4n) is 2.34. The number of halogens is 1. The van der Waals surface area contributed by atoms with Crippen molar-refractivity contribution in [2.24, 2.45) is 5.73 Å². The Morgan fingerprint density at radius 1 is 1.38 bits per heavy atom. The lowest BCUT2D eigenvalue weighted by Crippen LogP contribution is -2.43. The van der Waals surface area contributed by atoms with Crippen LogP contribution < -0.4 is 10.6 Å². The van der Waals surface area contributed by atoms with E-state index in [4.69, 9.17) is 22.1 Å². The number of nitrogens with zero attached hydrogens (tertiary/aromatic N) is 3. The fourth-order valence-corrected chi connectivity index (χ4v) is 3.54. The van der Waals surface area contributed by atoms with Crippen molar-refractivity contribution in [3.05, 3.63) is 29.3 Å². The average Bonchev–Trinajstić information content (AvgIpc) is 2.98. The van der Waals surface area contributed by atoms with Crippen molar-refractivity contribution in [2.45, 2.75) is 12.5 Å². The Balaban J connectivity index is 1.77. The fraction of sp³-hybridized carbons (Fsp3) is 0.429. The van der Waals surface area contributed by atoms with Crippen molar-refractivity contribution >= 4 is 28.1 Å². The molecule has 1 aliphatic heterocycles. The summed E-state index contributed by atoms with van der Waals surface area (Å²) < 4.78 is 5.69. The molecule has 1 aliphatic rings. The number of anilines is 1. The Kier molecular flexibility index (Phi) is 4.70. The Morgan fingerprint density at radius 2 is 2.24 bits per heavy atom. The third-order valence-corrected chi connectivity index (χ3v) is 4.76. The van der Waals surface area contributed by atoms with E-state index in [9.17, 15) is 0 Å². The monoisotopic (exact) mass is 324 g/mol. The first-order valence-electron chi connectivity index (χ1n) is 6.93. The van der Waals surface area contributed by atoms with Crippen LogP contribution in [0.4, 0.5) is 5.13 Å². The van der Waals surface area contributed by atoms with Crippen LogP contribution in [0.2, 0.25) is 5.02 Å². The van der Waals surface area contributed by atoms with Gasteiger partial charge in [0.1, 0.15) is 0 Å². The third-order valence-electron chi connectivity index (χ3n) is 3.42. The first-order chi connectivity index (χ1) is 10.3. The average molecular weight is 325 g/mol. The second kappa shape index (κ2) is 6.70. The maximum atomic E-state index is 6.21. The molecule has 2 aromatic rings. The van der Waals surface area contributed by atoms with E-state index in [1.165, 1.54) is 0 Å². The Labute approximate surface area is 132 Å². The molecule has 1 unspecified atom stereocenters. The third kappa shape index (κ3) is 3.35. The molecule has 5 nitrogen and oxygen atoms in total. The Morgan fingerprint density at radius 3 is 3.05 bits per heavy atom. The smallest absolute Gasteiger partial charge is 0.208 e. The zero-order chi connectivity index (χ0) is 14.7. The summed E-state index contributed by atoms with van der Waals surface area (Å²) >= 11 is 7.77. The van der Waals surface area contributed by atoms with Gasteiger partial charge in [-0.2, -0.15) is 0 Å². The van der Waals surface area contributed by atoms with Crippen LogP contribution in [-0.2, 0) is 4.74 Å². The van der Waals surface area contributed by atoms with Crippen molar-refractivity contribution in [3.8, 4) is 10.6 Å². The molecule has 0 aliphatic carbocycles. The minimum atomic E-state index is 0.177. The molecule has 0 bridgehead atoms. The molecule has 1 atom stereocenters. The second-order valence-corrected chi connectivity index (χ2v) is 6.25. The van der Waals surface area contributed by atoms with Gasteiger partial charge in [0, 0.05) is 18.7 Å². The highest BCUT2D eigenvalue weighted by molar-refractivity contribution is 7.18. The van der Waals surface area contributed by atoms with E-state index in [2.05, 4.69) is 15.1 Å². The van der Waals surface area contributed by atoms with E-state index in [0.29, 0.717) is 18.2 Å². The number of hydrogen-bond acceptors (Lipinski definition) is 6. The zero-order valence-corrected chi connectivity index (χ0v) is 13.1. The van der Waals surface area contributed by atoms with Crippen LogP contribution in [-0.4, -0.2) is 42.5 Å². The van der Waals surface area contributed by atoms with Crippen molar-refractivity contribution in [1.29, 1.82) is 0 Å². The first-order valence-corrected chi connectivity index (χ1v) is 8.12. The van der Waals surface area contributed by atoms with E-state index in [1.54, 1.807) is 11.3 Å². The van der Waals surface area contributed by atoms with E-state index in [1.807, 2.05) is 24.3 Å². The lowest BCUT2D eigenvalue weighted by atomic mass is 10.2. The lowest BCUT2D eigenvalue weighted by Gasteiger charge is -2.32. The number of rotatable bonds is 4. The van der Waals surface area contributed by atoms with Gasteiger partial charge < -0.3 is 15.4 Å². The molecule has 2 heterocycles. The van der Waals surface area contributed by atoms with Gasteiger partial charge in [0.15, 0.2) is 5.01 Å². The molecule has 0 radical (unpaired) electrons. The topological polar surface area (TPSA) is 64.3 Å². The predicted octanol–water partition coefficient (Wildman–Crippen LogP) is 2.41. The Bertz CT molecular complexity index is 604. The SMILES string of the molecule is NCCC1CN(c2nnc(-c3ccccc3Cl)s2)CCO1. The molecule has 7 heteroatoms. The van der Waals surface area contributed by atoms with Gasteiger partial charge in [-0.25, -0.2) is 0 Å². The summed E-state index contributed by atoms with van der Waals surface area (Å²) in [4.78, 5) is 2.21. The minimum Gasteiger partial charge on any atom is -0.374 e. The van der Waals surface area contributed by atoms with Crippen LogP contribution >= 0.6 is 22.9 Å². The van der Waals surface area contributed by atoms with Gasteiger partial charge in [-0.15, -0.1) is 10.2 Å². The van der Waals surface area contributed by atoms with Crippen molar-refractivity contribution in [2.75, 3.05) is 31.1 Å². The summed E-state index contributed by atoms with van der Waals surface area (Å²) in [6.07, 6.45) is 1.04. The van der Waals surface area contributed by atoms with E-state index < -0.39 is 0 Å².